The number of hydrogen-bond donors (Lipinski definition) is 2. The number of nitrogens with zero attached hydrogens (tertiary/aromatic N) is 1. The predicted molar refractivity (Wildman–Crippen MR) is 87.3 cm³/mol. The molecule has 0 aromatic heterocycles. The average molecular weight is 345 g/mol. The highest BCUT2D eigenvalue weighted by Gasteiger charge is 2.11. The summed E-state index contributed by atoms with van der Waals surface area (Å²) in [6.45, 7) is 6.00. The van der Waals surface area contributed by atoms with Crippen molar-refractivity contribution in [2.45, 2.75) is 32.5 Å². The number of halogens is 1. The number of nitrogens with one attached hydrogen (secondary N) is 1. The molecule has 0 aliphatic carbocycles. The monoisotopic (exact) mass is 344 g/mol. The number of hydrogen-bond acceptors (Lipinski definition) is 4. The molecular weight excluding hydrogens is 320 g/mol. The van der Waals surface area contributed by atoms with Gasteiger partial charge in [-0.15, -0.1) is 0 Å². The lowest BCUT2D eigenvalue weighted by atomic mass is 10.2. The van der Waals surface area contributed by atoms with E-state index >= 15 is 0 Å². The minimum atomic E-state index is -0.487. The van der Waals surface area contributed by atoms with Crippen LogP contribution in [0.3, 0.4) is 0 Å². The number of aliphatic hydroxyl groups excluding tert-OH is 1. The number of likely N-dealkylation sites (N-methyl/N-ethyl adjacent to an activating group) is 1. The Morgan fingerprint density at radius 1 is 1.40 bits per heavy atom. The van der Waals surface area contributed by atoms with Gasteiger partial charge in [0.1, 0.15) is 0 Å². The van der Waals surface area contributed by atoms with Crippen molar-refractivity contribution in [3.05, 3.63) is 28.2 Å². The highest BCUT2D eigenvalue weighted by Crippen LogP contribution is 2.26. The van der Waals surface area contributed by atoms with Crippen LogP contribution in [-0.2, 0) is 11.3 Å². The molecule has 0 saturated heterocycles. The third-order valence-electron chi connectivity index (χ3n) is 2.98. The molecule has 0 spiro atoms. The molecule has 1 rings (SSSR count). The Hall–Kier alpha value is -0.620. The van der Waals surface area contributed by atoms with Crippen LogP contribution in [0.1, 0.15) is 19.4 Å². The summed E-state index contributed by atoms with van der Waals surface area (Å²) in [6.07, 6.45) is -0.487. The molecule has 0 aliphatic rings. The molecule has 4 nitrogen and oxygen atoms in total. The summed E-state index contributed by atoms with van der Waals surface area (Å²) in [5.41, 5.74) is 2.30. The van der Waals surface area contributed by atoms with Gasteiger partial charge >= 0.3 is 0 Å². The van der Waals surface area contributed by atoms with Crippen LogP contribution in [-0.4, -0.2) is 44.6 Å². The zero-order chi connectivity index (χ0) is 15.1. The zero-order valence-electron chi connectivity index (χ0n) is 12.7. The lowest BCUT2D eigenvalue weighted by Gasteiger charge is -2.24. The fourth-order valence-electron chi connectivity index (χ4n) is 1.95. The van der Waals surface area contributed by atoms with Gasteiger partial charge in [-0.25, -0.2) is 0 Å². The Morgan fingerprint density at radius 3 is 2.65 bits per heavy atom. The minimum absolute atomic E-state index is 0.346. The Labute approximate surface area is 130 Å². The molecule has 1 aromatic carbocycles. The molecule has 1 atom stereocenters. The van der Waals surface area contributed by atoms with Crippen molar-refractivity contribution in [3.63, 3.8) is 0 Å². The van der Waals surface area contributed by atoms with Crippen molar-refractivity contribution in [2.24, 2.45) is 0 Å². The van der Waals surface area contributed by atoms with Gasteiger partial charge in [-0.3, -0.25) is 0 Å². The fourth-order valence-corrected chi connectivity index (χ4v) is 2.68. The maximum absolute atomic E-state index is 9.78. The summed E-state index contributed by atoms with van der Waals surface area (Å²) >= 11 is 3.60. The molecule has 0 aliphatic heterocycles. The van der Waals surface area contributed by atoms with Gasteiger partial charge in [0.15, 0.2) is 0 Å². The van der Waals surface area contributed by atoms with Gasteiger partial charge in [-0.05, 0) is 33.6 Å². The van der Waals surface area contributed by atoms with Gasteiger partial charge in [-0.1, -0.05) is 19.9 Å². The van der Waals surface area contributed by atoms with Crippen LogP contribution in [0, 0.1) is 0 Å². The molecule has 2 N–H and O–H groups in total. The number of ether oxygens (including phenoxy) is 1. The van der Waals surface area contributed by atoms with Gasteiger partial charge in [0.2, 0.25) is 0 Å². The minimum Gasteiger partial charge on any atom is -0.389 e. The van der Waals surface area contributed by atoms with Crippen molar-refractivity contribution < 1.29 is 9.84 Å². The van der Waals surface area contributed by atoms with E-state index in [9.17, 15) is 5.11 Å². The van der Waals surface area contributed by atoms with E-state index < -0.39 is 6.10 Å². The third kappa shape index (κ3) is 5.79. The van der Waals surface area contributed by atoms with Crippen molar-refractivity contribution in [2.75, 3.05) is 32.2 Å². The van der Waals surface area contributed by atoms with Crippen molar-refractivity contribution >= 4 is 21.6 Å². The van der Waals surface area contributed by atoms with Gasteiger partial charge in [0.25, 0.3) is 0 Å². The summed E-state index contributed by atoms with van der Waals surface area (Å²) in [5, 5.41) is 13.2. The molecule has 0 saturated carbocycles. The Kier molecular flexibility index (Phi) is 7.51. The standard InChI is InChI=1S/C15H25BrN2O2/c1-11(2)17-8-12-5-6-15(14(16)7-12)18(3)9-13(19)10-20-4/h5-7,11,13,17,19H,8-10H2,1-4H3. The van der Waals surface area contributed by atoms with Crippen molar-refractivity contribution in [1.29, 1.82) is 0 Å². The smallest absolute Gasteiger partial charge is 0.0947 e. The molecule has 1 aromatic rings. The van der Waals surface area contributed by atoms with Crippen LogP contribution in [0.4, 0.5) is 5.69 Å². The van der Waals surface area contributed by atoms with Gasteiger partial charge < -0.3 is 20.1 Å². The second-order valence-electron chi connectivity index (χ2n) is 5.31. The second kappa shape index (κ2) is 8.62. The van der Waals surface area contributed by atoms with E-state index in [0.29, 0.717) is 19.2 Å². The molecule has 5 heteroatoms. The first-order chi connectivity index (χ1) is 9.43. The van der Waals surface area contributed by atoms with Crippen LogP contribution < -0.4 is 10.2 Å². The first-order valence-electron chi connectivity index (χ1n) is 6.84. The first-order valence-corrected chi connectivity index (χ1v) is 7.63. The van der Waals surface area contributed by atoms with Crippen molar-refractivity contribution in [3.8, 4) is 0 Å². The summed E-state index contributed by atoms with van der Waals surface area (Å²) in [6, 6.07) is 6.76. The van der Waals surface area contributed by atoms with Gasteiger partial charge in [-0.2, -0.15) is 0 Å². The predicted octanol–water partition coefficient (Wildman–Crippen LogP) is 2.39. The molecular formula is C15H25BrN2O2. The molecule has 0 heterocycles. The summed E-state index contributed by atoms with van der Waals surface area (Å²) in [5.74, 6) is 0. The molecule has 114 valence electrons. The maximum Gasteiger partial charge on any atom is 0.0947 e. The Bertz CT molecular complexity index is 413. The third-order valence-corrected chi connectivity index (χ3v) is 3.62. The van der Waals surface area contributed by atoms with Crippen LogP contribution in [0.15, 0.2) is 22.7 Å². The van der Waals surface area contributed by atoms with E-state index in [0.717, 1.165) is 16.7 Å². The average Bonchev–Trinajstić information content (AvgIpc) is 2.36. The second-order valence-corrected chi connectivity index (χ2v) is 6.17. The highest BCUT2D eigenvalue weighted by molar-refractivity contribution is 9.10. The van der Waals surface area contributed by atoms with Crippen LogP contribution in [0.25, 0.3) is 0 Å². The summed E-state index contributed by atoms with van der Waals surface area (Å²) in [4.78, 5) is 2.02. The maximum atomic E-state index is 9.78. The molecule has 20 heavy (non-hydrogen) atoms. The van der Waals surface area contributed by atoms with E-state index in [4.69, 9.17) is 4.74 Å². The largest absolute Gasteiger partial charge is 0.389 e. The van der Waals surface area contributed by atoms with E-state index in [1.54, 1.807) is 7.11 Å². The number of rotatable bonds is 8. The molecule has 0 bridgehead atoms. The summed E-state index contributed by atoms with van der Waals surface area (Å²) < 4.78 is 5.98. The normalized spacial score (nSPS) is 12.8. The van der Waals surface area contributed by atoms with Gasteiger partial charge in [0, 0.05) is 37.8 Å². The number of benzene rings is 1. The molecule has 1 unspecified atom stereocenters. The molecule has 0 radical (unpaired) electrons. The van der Waals surface area contributed by atoms with E-state index in [1.165, 1.54) is 5.56 Å². The highest BCUT2D eigenvalue weighted by atomic mass is 79.9. The van der Waals surface area contributed by atoms with E-state index in [2.05, 4.69) is 53.3 Å². The summed E-state index contributed by atoms with van der Waals surface area (Å²) in [7, 11) is 3.56. The lowest BCUT2D eigenvalue weighted by molar-refractivity contribution is 0.0695. The molecule has 0 amide bonds. The van der Waals surface area contributed by atoms with Gasteiger partial charge in [0.05, 0.1) is 18.4 Å². The topological polar surface area (TPSA) is 44.7 Å². The SMILES string of the molecule is COCC(O)CN(C)c1ccc(CNC(C)C)cc1Br. The van der Waals surface area contributed by atoms with E-state index in [1.807, 2.05) is 11.9 Å². The van der Waals surface area contributed by atoms with Crippen LogP contribution >= 0.6 is 15.9 Å². The van der Waals surface area contributed by atoms with Crippen LogP contribution in [0.5, 0.6) is 0 Å². The van der Waals surface area contributed by atoms with Crippen LogP contribution in [0.2, 0.25) is 0 Å². The number of aliphatic hydroxyl groups is 1. The number of anilines is 1. The zero-order valence-corrected chi connectivity index (χ0v) is 14.3. The quantitative estimate of drug-likeness (QED) is 0.759. The fraction of sp³-hybridized carbons (Fsp3) is 0.600. The van der Waals surface area contributed by atoms with E-state index in [-0.39, 0.29) is 0 Å². The Balaban J connectivity index is 2.67. The number of methoxy groups -OCH3 is 1. The Morgan fingerprint density at radius 2 is 2.10 bits per heavy atom. The lowest BCUT2D eigenvalue weighted by Crippen LogP contribution is -2.32. The molecule has 0 fully saturated rings. The van der Waals surface area contributed by atoms with Crippen molar-refractivity contribution in [1.82, 2.24) is 5.32 Å². The first kappa shape index (κ1) is 17.4.